The van der Waals surface area contributed by atoms with Gasteiger partial charge in [-0.05, 0) is 18.6 Å². The molecule has 0 saturated heterocycles. The quantitative estimate of drug-likeness (QED) is 0.836. The fourth-order valence-corrected chi connectivity index (χ4v) is 2.28. The van der Waals surface area contributed by atoms with E-state index in [4.69, 9.17) is 23.2 Å². The number of nitrogens with one attached hydrogen (secondary N) is 1. The first-order valence-electron chi connectivity index (χ1n) is 7.31. The minimum Gasteiger partial charge on any atom is -0.340 e. The van der Waals surface area contributed by atoms with Crippen LogP contribution in [0.2, 0.25) is 10.0 Å². The molecule has 0 radical (unpaired) electrons. The van der Waals surface area contributed by atoms with E-state index in [1.54, 1.807) is 30.1 Å². The number of carbonyl (C=O) groups is 1. The van der Waals surface area contributed by atoms with E-state index in [9.17, 15) is 4.79 Å². The van der Waals surface area contributed by atoms with Crippen molar-refractivity contribution in [1.82, 2.24) is 14.9 Å². The van der Waals surface area contributed by atoms with E-state index in [1.165, 1.54) is 12.4 Å². The zero-order valence-electron chi connectivity index (χ0n) is 13.0. The average molecular weight is 353 g/mol. The smallest absolute Gasteiger partial charge is 0.273 e. The largest absolute Gasteiger partial charge is 0.340 e. The highest BCUT2D eigenvalue weighted by Gasteiger charge is 2.13. The highest BCUT2D eigenvalue weighted by atomic mass is 35.5. The van der Waals surface area contributed by atoms with Crippen molar-refractivity contribution in [3.8, 4) is 0 Å². The summed E-state index contributed by atoms with van der Waals surface area (Å²) < 4.78 is 0. The van der Waals surface area contributed by atoms with Gasteiger partial charge in [-0.25, -0.2) is 9.97 Å². The van der Waals surface area contributed by atoms with E-state index in [1.807, 2.05) is 0 Å². The SMILES string of the molecule is CCCCN(C)C(=O)c1cnc(Nc2cccc(Cl)c2Cl)cn1. The molecule has 1 amide bonds. The number of hydrogen-bond acceptors (Lipinski definition) is 4. The molecule has 5 nitrogen and oxygen atoms in total. The second kappa shape index (κ2) is 8.13. The molecule has 23 heavy (non-hydrogen) atoms. The van der Waals surface area contributed by atoms with Gasteiger partial charge in [-0.15, -0.1) is 0 Å². The highest BCUT2D eigenvalue weighted by molar-refractivity contribution is 6.43. The maximum atomic E-state index is 12.2. The third-order valence-corrected chi connectivity index (χ3v) is 4.10. The Morgan fingerprint density at radius 2 is 2.04 bits per heavy atom. The third kappa shape index (κ3) is 4.56. The second-order valence-corrected chi connectivity index (χ2v) is 5.88. The van der Waals surface area contributed by atoms with Crippen LogP contribution in [-0.2, 0) is 0 Å². The molecule has 1 aromatic heterocycles. The highest BCUT2D eigenvalue weighted by Crippen LogP contribution is 2.31. The van der Waals surface area contributed by atoms with Crippen molar-refractivity contribution < 1.29 is 4.79 Å². The monoisotopic (exact) mass is 352 g/mol. The lowest BCUT2D eigenvalue weighted by molar-refractivity contribution is 0.0787. The number of carbonyl (C=O) groups excluding carboxylic acids is 1. The molecule has 0 saturated carbocycles. The van der Waals surface area contributed by atoms with Crippen molar-refractivity contribution in [2.24, 2.45) is 0 Å². The van der Waals surface area contributed by atoms with Crippen LogP contribution in [0.3, 0.4) is 0 Å². The number of halogens is 2. The Balaban J connectivity index is 2.07. The third-order valence-electron chi connectivity index (χ3n) is 3.28. The van der Waals surface area contributed by atoms with Crippen molar-refractivity contribution >= 4 is 40.6 Å². The lowest BCUT2D eigenvalue weighted by atomic mass is 10.3. The predicted molar refractivity (Wildman–Crippen MR) is 93.6 cm³/mol. The molecule has 0 aliphatic carbocycles. The van der Waals surface area contributed by atoms with E-state index >= 15 is 0 Å². The van der Waals surface area contributed by atoms with Crippen molar-refractivity contribution in [3.63, 3.8) is 0 Å². The van der Waals surface area contributed by atoms with Crippen LogP contribution < -0.4 is 5.32 Å². The summed E-state index contributed by atoms with van der Waals surface area (Å²) in [5.41, 5.74) is 0.943. The molecule has 1 aromatic carbocycles. The average Bonchev–Trinajstić information content (AvgIpc) is 2.57. The number of unbranched alkanes of at least 4 members (excludes halogenated alkanes) is 1. The minimum atomic E-state index is -0.140. The van der Waals surface area contributed by atoms with Crippen LogP contribution in [0, 0.1) is 0 Å². The van der Waals surface area contributed by atoms with E-state index in [0.717, 1.165) is 12.8 Å². The van der Waals surface area contributed by atoms with Gasteiger partial charge < -0.3 is 10.2 Å². The molecular formula is C16H18Cl2N4O. The number of hydrogen-bond donors (Lipinski definition) is 1. The summed E-state index contributed by atoms with van der Waals surface area (Å²) in [6.07, 6.45) is 4.94. The van der Waals surface area contributed by atoms with Crippen molar-refractivity contribution in [2.45, 2.75) is 19.8 Å². The van der Waals surface area contributed by atoms with Gasteiger partial charge in [0.2, 0.25) is 0 Å². The molecule has 0 bridgehead atoms. The lowest BCUT2D eigenvalue weighted by Gasteiger charge is -2.16. The first-order chi connectivity index (χ1) is 11.0. The summed E-state index contributed by atoms with van der Waals surface area (Å²) in [7, 11) is 1.76. The number of rotatable bonds is 6. The van der Waals surface area contributed by atoms with Crippen LogP contribution in [0.25, 0.3) is 0 Å². The molecule has 0 aliphatic rings. The Kier molecular flexibility index (Phi) is 6.19. The predicted octanol–water partition coefficient (Wildman–Crippen LogP) is 4.40. The van der Waals surface area contributed by atoms with Gasteiger partial charge in [0.15, 0.2) is 0 Å². The number of aromatic nitrogens is 2. The summed E-state index contributed by atoms with van der Waals surface area (Å²) in [5, 5.41) is 3.89. The molecule has 0 unspecified atom stereocenters. The maximum absolute atomic E-state index is 12.2. The summed E-state index contributed by atoms with van der Waals surface area (Å²) in [6, 6.07) is 5.27. The van der Waals surface area contributed by atoms with Gasteiger partial charge in [0.1, 0.15) is 11.5 Å². The van der Waals surface area contributed by atoms with Crippen molar-refractivity contribution in [3.05, 3.63) is 46.3 Å². The first-order valence-corrected chi connectivity index (χ1v) is 8.07. The van der Waals surface area contributed by atoms with Gasteiger partial charge in [-0.1, -0.05) is 42.6 Å². The number of amides is 1. The van der Waals surface area contributed by atoms with E-state index in [2.05, 4.69) is 22.2 Å². The van der Waals surface area contributed by atoms with Crippen LogP contribution in [0.5, 0.6) is 0 Å². The van der Waals surface area contributed by atoms with E-state index in [-0.39, 0.29) is 5.91 Å². The topological polar surface area (TPSA) is 58.1 Å². The zero-order valence-corrected chi connectivity index (χ0v) is 14.5. The Labute approximate surface area is 145 Å². The standard InChI is InChI=1S/C16H18Cl2N4O/c1-3-4-8-22(2)16(23)13-9-20-14(10-19-13)21-12-7-5-6-11(17)15(12)18/h5-7,9-10H,3-4,8H2,1-2H3,(H,20,21). The van der Waals surface area contributed by atoms with Crippen molar-refractivity contribution in [2.75, 3.05) is 18.9 Å². The normalized spacial score (nSPS) is 10.4. The number of nitrogens with zero attached hydrogens (tertiary/aromatic N) is 3. The second-order valence-electron chi connectivity index (χ2n) is 5.09. The summed E-state index contributed by atoms with van der Waals surface area (Å²) >= 11 is 12.1. The number of anilines is 2. The summed E-state index contributed by atoms with van der Waals surface area (Å²) in [4.78, 5) is 22.2. The van der Waals surface area contributed by atoms with Gasteiger partial charge in [0.25, 0.3) is 5.91 Å². The Bertz CT molecular complexity index is 676. The van der Waals surface area contributed by atoms with Gasteiger partial charge >= 0.3 is 0 Å². The fourth-order valence-electron chi connectivity index (χ4n) is 1.93. The molecule has 0 spiro atoms. The fraction of sp³-hybridized carbons (Fsp3) is 0.312. The minimum absolute atomic E-state index is 0.140. The van der Waals surface area contributed by atoms with Crippen LogP contribution >= 0.6 is 23.2 Å². The Morgan fingerprint density at radius 3 is 2.70 bits per heavy atom. The number of benzene rings is 1. The van der Waals surface area contributed by atoms with Gasteiger partial charge in [0.05, 0.1) is 28.1 Å². The molecule has 0 fully saturated rings. The van der Waals surface area contributed by atoms with E-state index < -0.39 is 0 Å². The summed E-state index contributed by atoms with van der Waals surface area (Å²) in [5.74, 6) is 0.347. The Hall–Kier alpha value is -1.85. The molecular weight excluding hydrogens is 335 g/mol. The van der Waals surface area contributed by atoms with Gasteiger partial charge in [0, 0.05) is 13.6 Å². The van der Waals surface area contributed by atoms with Crippen LogP contribution in [-0.4, -0.2) is 34.4 Å². The molecule has 7 heteroatoms. The van der Waals surface area contributed by atoms with Crippen LogP contribution in [0.1, 0.15) is 30.3 Å². The molecule has 2 aromatic rings. The first kappa shape index (κ1) is 17.5. The van der Waals surface area contributed by atoms with Gasteiger partial charge in [-0.2, -0.15) is 0 Å². The zero-order chi connectivity index (χ0) is 16.8. The molecule has 2 rings (SSSR count). The molecule has 1 heterocycles. The van der Waals surface area contributed by atoms with Gasteiger partial charge in [-0.3, -0.25) is 4.79 Å². The van der Waals surface area contributed by atoms with E-state index in [0.29, 0.717) is 33.8 Å². The summed E-state index contributed by atoms with van der Waals surface area (Å²) in [6.45, 7) is 2.79. The lowest BCUT2D eigenvalue weighted by Crippen LogP contribution is -2.28. The van der Waals surface area contributed by atoms with Crippen LogP contribution in [0.15, 0.2) is 30.6 Å². The Morgan fingerprint density at radius 1 is 1.26 bits per heavy atom. The molecule has 1 N–H and O–H groups in total. The molecule has 0 aliphatic heterocycles. The van der Waals surface area contributed by atoms with Crippen LogP contribution in [0.4, 0.5) is 11.5 Å². The maximum Gasteiger partial charge on any atom is 0.273 e. The van der Waals surface area contributed by atoms with Crippen molar-refractivity contribution in [1.29, 1.82) is 0 Å². The molecule has 122 valence electrons. The molecule has 0 atom stereocenters.